The van der Waals surface area contributed by atoms with Crippen LogP contribution >= 0.6 is 15.9 Å². The van der Waals surface area contributed by atoms with Crippen molar-refractivity contribution in [2.75, 3.05) is 26.3 Å². The largest absolute Gasteiger partial charge is 0.381 e. The third-order valence-electron chi connectivity index (χ3n) is 5.17. The Labute approximate surface area is 167 Å². The van der Waals surface area contributed by atoms with Gasteiger partial charge in [-0.15, -0.1) is 0 Å². The van der Waals surface area contributed by atoms with E-state index in [2.05, 4.69) is 21.2 Å². The van der Waals surface area contributed by atoms with Crippen LogP contribution in [0.4, 0.5) is 0 Å². The van der Waals surface area contributed by atoms with Gasteiger partial charge in [0.05, 0.1) is 11.1 Å². The summed E-state index contributed by atoms with van der Waals surface area (Å²) in [6, 6.07) is 5.08. The monoisotopic (exact) mass is 436 g/mol. The minimum absolute atomic E-state index is 0.0265. The van der Waals surface area contributed by atoms with Crippen LogP contribution in [0.2, 0.25) is 0 Å². The van der Waals surface area contributed by atoms with Crippen molar-refractivity contribution in [3.05, 3.63) is 33.8 Å². The number of carbonyl (C=O) groups is 3. The molecule has 0 unspecified atom stereocenters. The van der Waals surface area contributed by atoms with E-state index in [0.717, 1.165) is 43.4 Å². The van der Waals surface area contributed by atoms with E-state index in [9.17, 15) is 14.4 Å². The second-order valence-corrected chi connectivity index (χ2v) is 8.02. The molecule has 146 valence electrons. The molecule has 1 aromatic rings. The predicted octanol–water partition coefficient (Wildman–Crippen LogP) is 3.15. The number of nitrogens with one attached hydrogen (secondary N) is 1. The minimum Gasteiger partial charge on any atom is -0.381 e. The molecule has 3 amide bonds. The first-order chi connectivity index (χ1) is 13.1. The van der Waals surface area contributed by atoms with E-state index < -0.39 is 0 Å². The molecule has 1 aromatic carbocycles. The summed E-state index contributed by atoms with van der Waals surface area (Å²) in [6.07, 6.45) is 5.11. The Morgan fingerprint density at radius 3 is 2.67 bits per heavy atom. The molecule has 0 radical (unpaired) electrons. The SMILES string of the molecule is O=C(CCCN1C(=O)c2ccc(Br)cc2C1=O)NCCCC1CCOCC1. The summed E-state index contributed by atoms with van der Waals surface area (Å²) in [5.41, 5.74) is 0.854. The van der Waals surface area contributed by atoms with E-state index in [1.54, 1.807) is 18.2 Å². The summed E-state index contributed by atoms with van der Waals surface area (Å²) in [4.78, 5) is 37.9. The summed E-state index contributed by atoms with van der Waals surface area (Å²) in [5, 5.41) is 2.93. The van der Waals surface area contributed by atoms with Gasteiger partial charge in [-0.3, -0.25) is 19.3 Å². The fourth-order valence-corrected chi connectivity index (χ4v) is 3.97. The number of benzene rings is 1. The van der Waals surface area contributed by atoms with Gasteiger partial charge in [-0.25, -0.2) is 0 Å². The van der Waals surface area contributed by atoms with Crippen LogP contribution in [0.1, 0.15) is 59.2 Å². The van der Waals surface area contributed by atoms with Crippen molar-refractivity contribution in [3.8, 4) is 0 Å². The molecule has 0 aromatic heterocycles. The summed E-state index contributed by atoms with van der Waals surface area (Å²) in [6.45, 7) is 2.65. The number of hydrogen-bond donors (Lipinski definition) is 1. The van der Waals surface area contributed by atoms with E-state index >= 15 is 0 Å². The molecule has 0 bridgehead atoms. The number of hydrogen-bond acceptors (Lipinski definition) is 4. The van der Waals surface area contributed by atoms with Crippen molar-refractivity contribution in [2.24, 2.45) is 5.92 Å². The van der Waals surface area contributed by atoms with Gasteiger partial charge >= 0.3 is 0 Å². The molecule has 2 heterocycles. The third kappa shape index (κ3) is 5.17. The predicted molar refractivity (Wildman–Crippen MR) is 105 cm³/mol. The molecule has 0 spiro atoms. The average molecular weight is 437 g/mol. The number of carbonyl (C=O) groups excluding carboxylic acids is 3. The molecule has 1 fully saturated rings. The molecule has 2 aliphatic heterocycles. The highest BCUT2D eigenvalue weighted by Crippen LogP contribution is 2.26. The number of nitrogens with zero attached hydrogens (tertiary/aromatic N) is 1. The second-order valence-electron chi connectivity index (χ2n) is 7.10. The molecule has 0 saturated carbocycles. The van der Waals surface area contributed by atoms with Gasteiger partial charge in [-0.2, -0.15) is 0 Å². The van der Waals surface area contributed by atoms with Crippen molar-refractivity contribution in [2.45, 2.75) is 38.5 Å². The van der Waals surface area contributed by atoms with E-state index in [1.165, 1.54) is 4.90 Å². The van der Waals surface area contributed by atoms with Crippen LogP contribution in [-0.4, -0.2) is 48.9 Å². The van der Waals surface area contributed by atoms with Gasteiger partial charge in [0.1, 0.15) is 0 Å². The van der Waals surface area contributed by atoms with E-state index in [-0.39, 0.29) is 24.3 Å². The maximum atomic E-state index is 12.4. The van der Waals surface area contributed by atoms with Crippen LogP contribution in [0.5, 0.6) is 0 Å². The van der Waals surface area contributed by atoms with Crippen molar-refractivity contribution in [3.63, 3.8) is 0 Å². The quantitative estimate of drug-likeness (QED) is 0.501. The molecule has 6 nitrogen and oxygen atoms in total. The van der Waals surface area contributed by atoms with Gasteiger partial charge < -0.3 is 10.1 Å². The van der Waals surface area contributed by atoms with E-state index in [0.29, 0.717) is 36.4 Å². The van der Waals surface area contributed by atoms with Crippen LogP contribution in [-0.2, 0) is 9.53 Å². The maximum absolute atomic E-state index is 12.4. The summed E-state index contributed by atoms with van der Waals surface area (Å²) in [7, 11) is 0. The second kappa shape index (κ2) is 9.46. The molecule has 0 aliphatic carbocycles. The van der Waals surface area contributed by atoms with Crippen LogP contribution in [0.25, 0.3) is 0 Å². The lowest BCUT2D eigenvalue weighted by atomic mass is 9.95. The fraction of sp³-hybridized carbons (Fsp3) is 0.550. The zero-order valence-corrected chi connectivity index (χ0v) is 16.9. The highest BCUT2D eigenvalue weighted by molar-refractivity contribution is 9.10. The smallest absolute Gasteiger partial charge is 0.261 e. The first kappa shape index (κ1) is 20.0. The number of halogens is 1. The first-order valence-corrected chi connectivity index (χ1v) is 10.4. The Hall–Kier alpha value is -1.73. The van der Waals surface area contributed by atoms with Gasteiger partial charge in [0, 0.05) is 37.2 Å². The standard InChI is InChI=1S/C20H25BrN2O4/c21-15-5-6-16-17(13-15)20(26)23(19(16)25)10-2-4-18(24)22-9-1-3-14-7-11-27-12-8-14/h5-6,13-14H,1-4,7-12H2,(H,22,24). The van der Waals surface area contributed by atoms with Gasteiger partial charge in [-0.05, 0) is 56.2 Å². The zero-order valence-electron chi connectivity index (χ0n) is 15.3. The third-order valence-corrected chi connectivity index (χ3v) is 5.66. The van der Waals surface area contributed by atoms with Gasteiger partial charge in [0.2, 0.25) is 5.91 Å². The minimum atomic E-state index is -0.284. The van der Waals surface area contributed by atoms with Crippen molar-refractivity contribution in [1.29, 1.82) is 0 Å². The van der Waals surface area contributed by atoms with Crippen molar-refractivity contribution < 1.29 is 19.1 Å². The number of rotatable bonds is 8. The van der Waals surface area contributed by atoms with Crippen molar-refractivity contribution >= 4 is 33.7 Å². The molecule has 7 heteroatoms. The maximum Gasteiger partial charge on any atom is 0.261 e. The molecular weight excluding hydrogens is 412 g/mol. The highest BCUT2D eigenvalue weighted by Gasteiger charge is 2.35. The summed E-state index contributed by atoms with van der Waals surface area (Å²) < 4.78 is 6.12. The molecule has 27 heavy (non-hydrogen) atoms. The number of ether oxygens (including phenoxy) is 1. The normalized spacial score (nSPS) is 17.3. The van der Waals surface area contributed by atoms with Crippen molar-refractivity contribution in [1.82, 2.24) is 10.2 Å². The lowest BCUT2D eigenvalue weighted by molar-refractivity contribution is -0.121. The summed E-state index contributed by atoms with van der Waals surface area (Å²) in [5.74, 6) is 0.124. The Bertz CT molecular complexity index is 716. The fourth-order valence-electron chi connectivity index (χ4n) is 3.61. The number of imide groups is 1. The topological polar surface area (TPSA) is 75.7 Å². The molecular formula is C20H25BrN2O4. The molecule has 3 rings (SSSR count). The van der Waals surface area contributed by atoms with Crippen LogP contribution < -0.4 is 5.32 Å². The Balaban J connectivity index is 1.34. The molecule has 1 N–H and O–H groups in total. The molecule has 1 saturated heterocycles. The first-order valence-electron chi connectivity index (χ1n) is 9.56. The lowest BCUT2D eigenvalue weighted by Gasteiger charge is -2.21. The van der Waals surface area contributed by atoms with Gasteiger partial charge in [0.25, 0.3) is 11.8 Å². The molecule has 0 atom stereocenters. The van der Waals surface area contributed by atoms with Crippen LogP contribution in [0.15, 0.2) is 22.7 Å². The van der Waals surface area contributed by atoms with Gasteiger partial charge in [-0.1, -0.05) is 15.9 Å². The average Bonchev–Trinajstić information content (AvgIpc) is 2.90. The molecule has 2 aliphatic rings. The van der Waals surface area contributed by atoms with E-state index in [1.807, 2.05) is 0 Å². The van der Waals surface area contributed by atoms with Crippen LogP contribution in [0.3, 0.4) is 0 Å². The van der Waals surface area contributed by atoms with Gasteiger partial charge in [0.15, 0.2) is 0 Å². The Kier molecular flexibility index (Phi) is 7.01. The Morgan fingerprint density at radius 1 is 1.15 bits per heavy atom. The lowest BCUT2D eigenvalue weighted by Crippen LogP contribution is -2.32. The van der Waals surface area contributed by atoms with Crippen LogP contribution in [0, 0.1) is 5.92 Å². The zero-order chi connectivity index (χ0) is 19.2. The number of amides is 3. The Morgan fingerprint density at radius 2 is 1.89 bits per heavy atom. The number of fused-ring (bicyclic) bond motifs is 1. The highest BCUT2D eigenvalue weighted by atomic mass is 79.9. The van der Waals surface area contributed by atoms with E-state index in [4.69, 9.17) is 4.74 Å². The summed E-state index contributed by atoms with van der Waals surface area (Å²) >= 11 is 3.32.